The molecule has 6 nitrogen and oxygen atoms in total. The number of nitriles is 1. The molecule has 0 saturated heterocycles. The molecule has 1 aromatic carbocycles. The van der Waals surface area contributed by atoms with Gasteiger partial charge in [-0.15, -0.1) is 0 Å². The standard InChI is InChI=1S/C13H13N5OS/c1-18-13(15-9-16-18)20-7-6-12(19)17-11-5-3-2-4-10(11)8-14/h2-5,9H,6-7H2,1H3,(H,17,19). The number of carbonyl (C=O) groups excluding carboxylic acids is 1. The first-order valence-corrected chi connectivity index (χ1v) is 6.95. The number of hydrogen-bond donors (Lipinski definition) is 1. The summed E-state index contributed by atoms with van der Waals surface area (Å²) < 4.78 is 1.66. The van der Waals surface area contributed by atoms with E-state index in [2.05, 4.69) is 15.4 Å². The van der Waals surface area contributed by atoms with E-state index < -0.39 is 0 Å². The van der Waals surface area contributed by atoms with Gasteiger partial charge in [0, 0.05) is 19.2 Å². The van der Waals surface area contributed by atoms with Gasteiger partial charge >= 0.3 is 0 Å². The highest BCUT2D eigenvalue weighted by Crippen LogP contribution is 2.16. The predicted molar refractivity (Wildman–Crippen MR) is 76.1 cm³/mol. The Morgan fingerprint density at radius 2 is 2.30 bits per heavy atom. The maximum absolute atomic E-state index is 11.8. The first kappa shape index (κ1) is 14.1. The minimum Gasteiger partial charge on any atom is -0.325 e. The van der Waals surface area contributed by atoms with Gasteiger partial charge in [0.25, 0.3) is 0 Å². The van der Waals surface area contributed by atoms with Crippen molar-refractivity contribution < 1.29 is 4.79 Å². The molecular weight excluding hydrogens is 274 g/mol. The molecule has 2 aromatic rings. The number of thioether (sulfide) groups is 1. The molecule has 1 heterocycles. The summed E-state index contributed by atoms with van der Waals surface area (Å²) in [4.78, 5) is 15.9. The Labute approximate surface area is 120 Å². The van der Waals surface area contributed by atoms with E-state index in [1.165, 1.54) is 18.1 Å². The summed E-state index contributed by atoms with van der Waals surface area (Å²) in [6.45, 7) is 0. The Hall–Kier alpha value is -2.33. The van der Waals surface area contributed by atoms with Gasteiger partial charge < -0.3 is 5.32 Å². The van der Waals surface area contributed by atoms with Crippen LogP contribution in [0.15, 0.2) is 35.7 Å². The maximum atomic E-state index is 11.8. The Kier molecular flexibility index (Phi) is 4.74. The second-order valence-electron chi connectivity index (χ2n) is 3.97. The zero-order valence-corrected chi connectivity index (χ0v) is 11.7. The van der Waals surface area contributed by atoms with Gasteiger partial charge in [0.15, 0.2) is 5.16 Å². The zero-order chi connectivity index (χ0) is 14.4. The Morgan fingerprint density at radius 3 is 3.00 bits per heavy atom. The first-order valence-electron chi connectivity index (χ1n) is 5.96. The molecular formula is C13H13N5OS. The molecule has 102 valence electrons. The number of amides is 1. The van der Waals surface area contributed by atoms with E-state index in [1.54, 1.807) is 36.0 Å². The fourth-order valence-corrected chi connectivity index (χ4v) is 2.38. The van der Waals surface area contributed by atoms with Crippen LogP contribution in [0.4, 0.5) is 5.69 Å². The van der Waals surface area contributed by atoms with Gasteiger partial charge in [0.1, 0.15) is 12.4 Å². The summed E-state index contributed by atoms with van der Waals surface area (Å²) in [6.07, 6.45) is 1.82. The number of nitrogens with zero attached hydrogens (tertiary/aromatic N) is 4. The van der Waals surface area contributed by atoms with E-state index in [0.29, 0.717) is 23.4 Å². The fraction of sp³-hybridized carbons (Fsp3) is 0.231. The van der Waals surface area contributed by atoms with Crippen LogP contribution in [0, 0.1) is 11.3 Å². The fourth-order valence-electron chi connectivity index (χ4n) is 1.55. The van der Waals surface area contributed by atoms with Crippen LogP contribution in [0.1, 0.15) is 12.0 Å². The van der Waals surface area contributed by atoms with E-state index >= 15 is 0 Å². The SMILES string of the molecule is Cn1ncnc1SCCC(=O)Nc1ccccc1C#N. The average Bonchev–Trinajstić information content (AvgIpc) is 2.85. The van der Waals surface area contributed by atoms with Gasteiger partial charge in [0.2, 0.25) is 5.91 Å². The molecule has 0 spiro atoms. The topological polar surface area (TPSA) is 83.6 Å². The smallest absolute Gasteiger partial charge is 0.225 e. The van der Waals surface area contributed by atoms with Crippen LogP contribution in [-0.2, 0) is 11.8 Å². The molecule has 0 unspecified atom stereocenters. The molecule has 0 saturated carbocycles. The molecule has 0 fully saturated rings. The number of nitrogens with one attached hydrogen (secondary N) is 1. The number of benzene rings is 1. The molecule has 0 bridgehead atoms. The van der Waals surface area contributed by atoms with Gasteiger partial charge in [-0.2, -0.15) is 10.4 Å². The second-order valence-corrected chi connectivity index (χ2v) is 5.03. The lowest BCUT2D eigenvalue weighted by atomic mass is 10.2. The van der Waals surface area contributed by atoms with Crippen molar-refractivity contribution in [3.05, 3.63) is 36.2 Å². The van der Waals surface area contributed by atoms with Crippen LogP contribution in [0.25, 0.3) is 0 Å². The van der Waals surface area contributed by atoms with E-state index in [1.807, 2.05) is 6.07 Å². The van der Waals surface area contributed by atoms with Crippen molar-refractivity contribution in [2.45, 2.75) is 11.6 Å². The quantitative estimate of drug-likeness (QED) is 0.848. The molecule has 2 rings (SSSR count). The van der Waals surface area contributed by atoms with Gasteiger partial charge in [-0.3, -0.25) is 4.79 Å². The Morgan fingerprint density at radius 1 is 1.50 bits per heavy atom. The number of aryl methyl sites for hydroxylation is 1. The van der Waals surface area contributed by atoms with Crippen LogP contribution in [0.3, 0.4) is 0 Å². The molecule has 7 heteroatoms. The summed E-state index contributed by atoms with van der Waals surface area (Å²) in [7, 11) is 1.80. The van der Waals surface area contributed by atoms with E-state index in [4.69, 9.17) is 5.26 Å². The number of para-hydroxylation sites is 1. The zero-order valence-electron chi connectivity index (χ0n) is 10.9. The number of carbonyl (C=O) groups is 1. The van der Waals surface area contributed by atoms with E-state index in [-0.39, 0.29) is 5.91 Å². The third-order valence-electron chi connectivity index (χ3n) is 2.55. The summed E-state index contributed by atoms with van der Waals surface area (Å²) >= 11 is 1.47. The molecule has 0 atom stereocenters. The van der Waals surface area contributed by atoms with Crippen molar-refractivity contribution >= 4 is 23.4 Å². The predicted octanol–water partition coefficient (Wildman–Crippen LogP) is 1.81. The van der Waals surface area contributed by atoms with Gasteiger partial charge in [-0.1, -0.05) is 23.9 Å². The Balaban J connectivity index is 1.84. The highest BCUT2D eigenvalue weighted by Gasteiger charge is 2.07. The van der Waals surface area contributed by atoms with Crippen molar-refractivity contribution in [1.82, 2.24) is 14.8 Å². The highest BCUT2D eigenvalue weighted by molar-refractivity contribution is 7.99. The number of aromatic nitrogens is 3. The van der Waals surface area contributed by atoms with Crippen molar-refractivity contribution in [2.24, 2.45) is 7.05 Å². The largest absolute Gasteiger partial charge is 0.325 e. The molecule has 1 aromatic heterocycles. The van der Waals surface area contributed by atoms with E-state index in [9.17, 15) is 4.79 Å². The van der Waals surface area contributed by atoms with Crippen molar-refractivity contribution in [3.63, 3.8) is 0 Å². The molecule has 1 amide bonds. The lowest BCUT2D eigenvalue weighted by molar-refractivity contribution is -0.115. The molecule has 20 heavy (non-hydrogen) atoms. The molecule has 0 radical (unpaired) electrons. The van der Waals surface area contributed by atoms with Gasteiger partial charge in [-0.05, 0) is 12.1 Å². The highest BCUT2D eigenvalue weighted by atomic mass is 32.2. The lowest BCUT2D eigenvalue weighted by Crippen LogP contribution is -2.13. The third-order valence-corrected chi connectivity index (χ3v) is 3.59. The number of anilines is 1. The minimum atomic E-state index is -0.123. The normalized spacial score (nSPS) is 10.0. The second kappa shape index (κ2) is 6.73. The molecule has 0 aliphatic heterocycles. The van der Waals surface area contributed by atoms with E-state index in [0.717, 1.165) is 5.16 Å². The van der Waals surface area contributed by atoms with Crippen LogP contribution in [0.2, 0.25) is 0 Å². The van der Waals surface area contributed by atoms with Crippen molar-refractivity contribution in [3.8, 4) is 6.07 Å². The maximum Gasteiger partial charge on any atom is 0.225 e. The minimum absolute atomic E-state index is 0.123. The first-order chi connectivity index (χ1) is 9.70. The molecule has 0 aliphatic rings. The average molecular weight is 287 g/mol. The Bertz CT molecular complexity index is 646. The van der Waals surface area contributed by atoms with Gasteiger partial charge in [0.05, 0.1) is 11.3 Å². The summed E-state index contributed by atoms with van der Waals surface area (Å²) in [5, 5.41) is 16.4. The van der Waals surface area contributed by atoms with Crippen molar-refractivity contribution in [1.29, 1.82) is 5.26 Å². The summed E-state index contributed by atoms with van der Waals surface area (Å²) in [6, 6.07) is 8.97. The molecule has 0 aliphatic carbocycles. The summed E-state index contributed by atoms with van der Waals surface area (Å²) in [5.74, 6) is 0.481. The van der Waals surface area contributed by atoms with Crippen molar-refractivity contribution in [2.75, 3.05) is 11.1 Å². The summed E-state index contributed by atoms with van der Waals surface area (Å²) in [5.41, 5.74) is 1.01. The lowest BCUT2D eigenvalue weighted by Gasteiger charge is -2.06. The monoisotopic (exact) mass is 287 g/mol. The van der Waals surface area contributed by atoms with Crippen LogP contribution in [-0.4, -0.2) is 26.4 Å². The third kappa shape index (κ3) is 3.59. The van der Waals surface area contributed by atoms with Gasteiger partial charge in [-0.25, -0.2) is 9.67 Å². The van der Waals surface area contributed by atoms with Crippen LogP contribution < -0.4 is 5.32 Å². The number of rotatable bonds is 5. The number of hydrogen-bond acceptors (Lipinski definition) is 5. The van der Waals surface area contributed by atoms with Crippen LogP contribution in [0.5, 0.6) is 0 Å². The molecule has 1 N–H and O–H groups in total. The van der Waals surface area contributed by atoms with Crippen LogP contribution >= 0.6 is 11.8 Å².